The quantitative estimate of drug-likeness (QED) is 0.428. The van der Waals surface area contributed by atoms with Crippen LogP contribution in [0.4, 0.5) is 5.82 Å². The summed E-state index contributed by atoms with van der Waals surface area (Å²) in [7, 11) is 1.81. The molecule has 2 aliphatic rings. The predicted octanol–water partition coefficient (Wildman–Crippen LogP) is 2.00. The van der Waals surface area contributed by atoms with Gasteiger partial charge in [-0.3, -0.25) is 4.79 Å². The van der Waals surface area contributed by atoms with E-state index >= 15 is 0 Å². The highest BCUT2D eigenvalue weighted by molar-refractivity contribution is 6.01. The molecule has 2 fully saturated rings. The van der Waals surface area contributed by atoms with Gasteiger partial charge < -0.3 is 25.0 Å². The Morgan fingerprint density at radius 3 is 2.94 bits per heavy atom. The number of pyridine rings is 1. The van der Waals surface area contributed by atoms with Gasteiger partial charge in [0.25, 0.3) is 5.91 Å². The minimum absolute atomic E-state index is 0.132. The Balaban J connectivity index is 1.51. The lowest BCUT2D eigenvalue weighted by molar-refractivity contribution is -0.0375. The number of hydrogen-bond acceptors (Lipinski definition) is 7. The number of hydrogen-bond donors (Lipinski definition) is 3. The zero-order valence-electron chi connectivity index (χ0n) is 18.2. The summed E-state index contributed by atoms with van der Waals surface area (Å²) in [4.78, 5) is 22.3. The highest BCUT2D eigenvalue weighted by Crippen LogP contribution is 2.35. The van der Waals surface area contributed by atoms with Gasteiger partial charge in [0.15, 0.2) is 5.65 Å². The molecule has 2 atom stereocenters. The second kappa shape index (κ2) is 7.82. The molecular weight excluding hydrogens is 422 g/mol. The summed E-state index contributed by atoms with van der Waals surface area (Å²) >= 11 is 0. The van der Waals surface area contributed by atoms with Crippen molar-refractivity contribution in [3.05, 3.63) is 42.4 Å². The summed E-state index contributed by atoms with van der Waals surface area (Å²) in [5.74, 6) is 0.560. The molecule has 1 saturated carbocycles. The number of fused-ring (bicyclic) bond motifs is 2. The van der Waals surface area contributed by atoms with Crippen LogP contribution in [0.5, 0.6) is 0 Å². The summed E-state index contributed by atoms with van der Waals surface area (Å²) < 4.78 is 9.09. The molecule has 1 aliphatic heterocycles. The van der Waals surface area contributed by atoms with E-state index < -0.39 is 6.10 Å². The number of carbonyl (C=O) groups is 1. The average molecular weight is 447 g/mol. The molecule has 1 aliphatic carbocycles. The topological polar surface area (TPSA) is 119 Å². The predicted molar refractivity (Wildman–Crippen MR) is 122 cm³/mol. The highest BCUT2D eigenvalue weighted by atomic mass is 16.5. The number of anilines is 1. The Morgan fingerprint density at radius 1 is 1.27 bits per heavy atom. The first-order valence-corrected chi connectivity index (χ1v) is 11.2. The summed E-state index contributed by atoms with van der Waals surface area (Å²) in [6.45, 7) is 0.892. The van der Waals surface area contributed by atoms with Gasteiger partial charge in [0.05, 0.1) is 30.6 Å². The molecule has 0 unspecified atom stereocenters. The van der Waals surface area contributed by atoms with Crippen LogP contribution in [0.2, 0.25) is 0 Å². The largest absolute Gasteiger partial charge is 0.389 e. The third-order valence-corrected chi connectivity index (χ3v) is 6.40. The van der Waals surface area contributed by atoms with Gasteiger partial charge in [-0.25, -0.2) is 9.97 Å². The lowest BCUT2D eigenvalue weighted by atomic mass is 10.1. The van der Waals surface area contributed by atoms with Crippen molar-refractivity contribution in [2.24, 2.45) is 0 Å². The number of nitrogens with one attached hydrogen (secondary N) is 2. The zero-order valence-corrected chi connectivity index (χ0v) is 18.2. The van der Waals surface area contributed by atoms with Crippen molar-refractivity contribution in [1.29, 1.82) is 0 Å². The van der Waals surface area contributed by atoms with Crippen LogP contribution in [0, 0.1) is 0 Å². The SMILES string of the molecule is CNc1cc(-c2cn([C@H]3CCOC[C@@H]3O)c3ncccc23)nc2c(C(=O)NC3CC3)cnn12. The normalized spacial score (nSPS) is 20.9. The summed E-state index contributed by atoms with van der Waals surface area (Å²) in [5, 5.41) is 22.1. The first kappa shape index (κ1) is 20.1. The maximum Gasteiger partial charge on any atom is 0.256 e. The zero-order chi connectivity index (χ0) is 22.5. The highest BCUT2D eigenvalue weighted by Gasteiger charge is 2.29. The van der Waals surface area contributed by atoms with E-state index in [9.17, 15) is 9.90 Å². The number of ether oxygens (including phenoxy) is 1. The van der Waals surface area contributed by atoms with Crippen LogP contribution in [0.25, 0.3) is 27.9 Å². The maximum absolute atomic E-state index is 12.8. The molecule has 10 heteroatoms. The van der Waals surface area contributed by atoms with Crippen LogP contribution in [0.3, 0.4) is 0 Å². The minimum atomic E-state index is -0.611. The lowest BCUT2D eigenvalue weighted by Gasteiger charge is -2.29. The van der Waals surface area contributed by atoms with Crippen molar-refractivity contribution in [2.75, 3.05) is 25.6 Å². The van der Waals surface area contributed by atoms with Crippen molar-refractivity contribution in [3.8, 4) is 11.3 Å². The maximum atomic E-state index is 12.8. The molecule has 0 aromatic carbocycles. The van der Waals surface area contributed by atoms with Crippen molar-refractivity contribution in [2.45, 2.75) is 37.5 Å². The van der Waals surface area contributed by atoms with E-state index in [0.29, 0.717) is 36.5 Å². The van der Waals surface area contributed by atoms with Gasteiger partial charge in [0.1, 0.15) is 17.0 Å². The summed E-state index contributed by atoms with van der Waals surface area (Å²) in [6, 6.07) is 5.92. The molecule has 10 nitrogen and oxygen atoms in total. The lowest BCUT2D eigenvalue weighted by Crippen LogP contribution is -2.34. The number of aromatic nitrogens is 5. The molecule has 1 saturated heterocycles. The molecule has 170 valence electrons. The molecule has 0 radical (unpaired) electrons. The van der Waals surface area contributed by atoms with Crippen LogP contribution in [-0.2, 0) is 4.74 Å². The number of aliphatic hydroxyl groups excluding tert-OH is 1. The molecule has 1 amide bonds. The summed E-state index contributed by atoms with van der Waals surface area (Å²) in [6.07, 6.45) is 7.42. The van der Waals surface area contributed by atoms with Crippen LogP contribution >= 0.6 is 0 Å². The van der Waals surface area contributed by atoms with Crippen molar-refractivity contribution in [1.82, 2.24) is 29.5 Å². The van der Waals surface area contributed by atoms with E-state index in [-0.39, 0.29) is 18.0 Å². The standard InChI is InChI=1S/C23H25N7O3/c1-24-20-9-17(28-22-15(10-26-30(20)22)23(32)27-13-4-5-13)16-11-29(18-6-8-33-12-19(18)31)21-14(16)3-2-7-25-21/h2-3,7,9-11,13,18-19,24,31H,4-6,8,12H2,1H3,(H,27,32)/t18-,19-/m0/s1. The smallest absolute Gasteiger partial charge is 0.256 e. The molecule has 4 aromatic rings. The van der Waals surface area contributed by atoms with E-state index in [2.05, 4.69) is 20.7 Å². The fraction of sp³-hybridized carbons (Fsp3) is 0.391. The fourth-order valence-electron chi connectivity index (χ4n) is 4.51. The number of aliphatic hydroxyl groups is 1. The van der Waals surface area contributed by atoms with Gasteiger partial charge in [0.2, 0.25) is 0 Å². The first-order valence-electron chi connectivity index (χ1n) is 11.2. The van der Waals surface area contributed by atoms with E-state index in [1.807, 2.05) is 36.0 Å². The second-order valence-corrected chi connectivity index (χ2v) is 8.64. The van der Waals surface area contributed by atoms with Gasteiger partial charge >= 0.3 is 0 Å². The van der Waals surface area contributed by atoms with Gasteiger partial charge in [-0.2, -0.15) is 9.61 Å². The fourth-order valence-corrected chi connectivity index (χ4v) is 4.51. The van der Waals surface area contributed by atoms with Gasteiger partial charge in [-0.05, 0) is 31.4 Å². The van der Waals surface area contributed by atoms with E-state index in [4.69, 9.17) is 9.72 Å². The number of amides is 1. The first-order chi connectivity index (χ1) is 16.1. The van der Waals surface area contributed by atoms with Crippen LogP contribution in [-0.4, -0.2) is 67.6 Å². The molecular formula is C23H25N7O3. The second-order valence-electron chi connectivity index (χ2n) is 8.64. The Morgan fingerprint density at radius 2 is 2.15 bits per heavy atom. The van der Waals surface area contributed by atoms with Crippen LogP contribution in [0.1, 0.15) is 35.7 Å². The Bertz CT molecular complexity index is 1360. The van der Waals surface area contributed by atoms with E-state index in [0.717, 1.165) is 35.3 Å². The summed E-state index contributed by atoms with van der Waals surface area (Å²) in [5.41, 5.74) is 3.30. The molecule has 5 heterocycles. The average Bonchev–Trinajstić information content (AvgIpc) is 3.41. The molecule has 33 heavy (non-hydrogen) atoms. The number of rotatable bonds is 5. The monoisotopic (exact) mass is 447 g/mol. The molecule has 0 bridgehead atoms. The third kappa shape index (κ3) is 3.42. The number of nitrogens with zero attached hydrogens (tertiary/aromatic N) is 5. The van der Waals surface area contributed by atoms with Crippen LogP contribution in [0.15, 0.2) is 36.8 Å². The van der Waals surface area contributed by atoms with E-state index in [1.165, 1.54) is 0 Å². The minimum Gasteiger partial charge on any atom is -0.389 e. The number of carbonyl (C=O) groups excluding carboxylic acids is 1. The van der Waals surface area contributed by atoms with Gasteiger partial charge in [-0.15, -0.1) is 0 Å². The van der Waals surface area contributed by atoms with Gasteiger partial charge in [-0.1, -0.05) is 0 Å². The Labute approximate surface area is 189 Å². The molecule has 3 N–H and O–H groups in total. The van der Waals surface area contributed by atoms with Crippen LogP contribution < -0.4 is 10.6 Å². The Hall–Kier alpha value is -3.50. The molecule has 0 spiro atoms. The van der Waals surface area contributed by atoms with Crippen molar-refractivity contribution >= 4 is 28.4 Å². The Kier molecular flexibility index (Phi) is 4.77. The molecule has 4 aromatic heterocycles. The van der Waals surface area contributed by atoms with E-state index in [1.54, 1.807) is 16.9 Å². The van der Waals surface area contributed by atoms with Crippen molar-refractivity contribution in [3.63, 3.8) is 0 Å². The molecule has 6 rings (SSSR count). The van der Waals surface area contributed by atoms with Gasteiger partial charge in [0, 0.05) is 49.1 Å². The van der Waals surface area contributed by atoms with Crippen molar-refractivity contribution < 1.29 is 14.6 Å². The third-order valence-electron chi connectivity index (χ3n) is 6.40.